The number of carbonyl (C=O) groups is 1. The van der Waals surface area contributed by atoms with Crippen molar-refractivity contribution in [3.05, 3.63) is 65.7 Å². The molecule has 0 spiro atoms. The SMILES string of the molecule is CN(C[C@@H]1OCCc2ccccc21)C(=O)CCCc1nc(-c2ccccn2)no1. The third-order valence-corrected chi connectivity index (χ3v) is 5.10. The number of hydrogen-bond donors (Lipinski definition) is 0. The molecule has 2 aromatic heterocycles. The third-order valence-electron chi connectivity index (χ3n) is 5.10. The van der Waals surface area contributed by atoms with Gasteiger partial charge in [0.05, 0.1) is 13.2 Å². The Hall–Kier alpha value is -3.06. The van der Waals surface area contributed by atoms with Gasteiger partial charge in [0.2, 0.25) is 17.6 Å². The predicted molar refractivity (Wildman–Crippen MR) is 107 cm³/mol. The molecule has 0 saturated heterocycles. The maximum Gasteiger partial charge on any atom is 0.227 e. The molecule has 0 saturated carbocycles. The van der Waals surface area contributed by atoms with Crippen molar-refractivity contribution in [1.29, 1.82) is 0 Å². The monoisotopic (exact) mass is 392 g/mol. The zero-order chi connectivity index (χ0) is 20.1. The van der Waals surface area contributed by atoms with Gasteiger partial charge in [-0.3, -0.25) is 9.78 Å². The first-order valence-electron chi connectivity index (χ1n) is 9.88. The van der Waals surface area contributed by atoms with Gasteiger partial charge in [-0.15, -0.1) is 0 Å². The molecule has 0 N–H and O–H groups in total. The molecule has 7 heteroatoms. The van der Waals surface area contributed by atoms with Crippen LogP contribution in [0.15, 0.2) is 53.2 Å². The van der Waals surface area contributed by atoms with Crippen LogP contribution in [0.2, 0.25) is 0 Å². The summed E-state index contributed by atoms with van der Waals surface area (Å²) in [5.74, 6) is 1.07. The van der Waals surface area contributed by atoms with Crippen LogP contribution < -0.4 is 0 Å². The van der Waals surface area contributed by atoms with Crippen molar-refractivity contribution in [2.45, 2.75) is 31.8 Å². The molecule has 4 rings (SSSR count). The minimum Gasteiger partial charge on any atom is -0.371 e. The minimum absolute atomic E-state index is 0.0641. The predicted octanol–water partition coefficient (Wildman–Crippen LogP) is 3.23. The number of nitrogens with zero attached hydrogens (tertiary/aromatic N) is 4. The van der Waals surface area contributed by atoms with E-state index in [0.717, 1.165) is 6.42 Å². The molecular formula is C22H24N4O3. The van der Waals surface area contributed by atoms with E-state index in [2.05, 4.69) is 27.3 Å². The summed E-state index contributed by atoms with van der Waals surface area (Å²) in [6, 6.07) is 13.8. The fourth-order valence-corrected chi connectivity index (χ4v) is 3.52. The van der Waals surface area contributed by atoms with Crippen molar-refractivity contribution in [2.75, 3.05) is 20.2 Å². The molecule has 1 amide bonds. The van der Waals surface area contributed by atoms with Crippen molar-refractivity contribution in [3.63, 3.8) is 0 Å². The highest BCUT2D eigenvalue weighted by molar-refractivity contribution is 5.75. The Morgan fingerprint density at radius 3 is 2.93 bits per heavy atom. The number of aromatic nitrogens is 3. The highest BCUT2D eigenvalue weighted by Crippen LogP contribution is 2.27. The molecule has 0 aliphatic carbocycles. The molecule has 0 fully saturated rings. The second kappa shape index (κ2) is 8.96. The molecule has 1 atom stereocenters. The average molecular weight is 392 g/mol. The first kappa shape index (κ1) is 19.3. The van der Waals surface area contributed by atoms with Gasteiger partial charge in [0.25, 0.3) is 0 Å². The topological polar surface area (TPSA) is 81.4 Å². The van der Waals surface area contributed by atoms with E-state index in [1.165, 1.54) is 11.1 Å². The number of carbonyl (C=O) groups excluding carboxylic acids is 1. The molecule has 1 aliphatic rings. The standard InChI is InChI=1S/C22H24N4O3/c1-26(15-19-17-8-3-2-7-16(17)12-14-28-19)21(27)11-6-10-20-24-22(25-29-20)18-9-4-5-13-23-18/h2-5,7-9,13,19H,6,10-12,14-15H2,1H3/t19-/m0/s1. The normalized spacial score (nSPS) is 15.7. The van der Waals surface area contributed by atoms with Gasteiger partial charge in [-0.25, -0.2) is 0 Å². The number of likely N-dealkylation sites (N-methyl/N-ethyl adjacent to an activating group) is 1. The molecule has 1 aromatic carbocycles. The van der Waals surface area contributed by atoms with Crippen molar-refractivity contribution < 1.29 is 14.1 Å². The van der Waals surface area contributed by atoms with Gasteiger partial charge in [0.15, 0.2) is 0 Å². The lowest BCUT2D eigenvalue weighted by Crippen LogP contribution is -2.33. The smallest absolute Gasteiger partial charge is 0.227 e. The third kappa shape index (κ3) is 4.68. The number of aryl methyl sites for hydroxylation is 1. The molecule has 0 radical (unpaired) electrons. The fraction of sp³-hybridized carbons (Fsp3) is 0.364. The van der Waals surface area contributed by atoms with E-state index < -0.39 is 0 Å². The Morgan fingerprint density at radius 2 is 2.07 bits per heavy atom. The van der Waals surface area contributed by atoms with Crippen LogP contribution in [0.25, 0.3) is 11.5 Å². The molecular weight excluding hydrogens is 368 g/mol. The summed E-state index contributed by atoms with van der Waals surface area (Å²) < 4.78 is 11.2. The summed E-state index contributed by atoms with van der Waals surface area (Å²) in [6.07, 6.45) is 4.18. The molecule has 7 nitrogen and oxygen atoms in total. The van der Waals surface area contributed by atoms with Gasteiger partial charge in [-0.1, -0.05) is 35.5 Å². The molecule has 3 heterocycles. The highest BCUT2D eigenvalue weighted by Gasteiger charge is 2.23. The van der Waals surface area contributed by atoms with Gasteiger partial charge in [-0.2, -0.15) is 4.98 Å². The zero-order valence-electron chi connectivity index (χ0n) is 16.5. The van der Waals surface area contributed by atoms with Gasteiger partial charge < -0.3 is 14.2 Å². The average Bonchev–Trinajstić information content (AvgIpc) is 3.23. The summed E-state index contributed by atoms with van der Waals surface area (Å²) >= 11 is 0. The summed E-state index contributed by atoms with van der Waals surface area (Å²) in [4.78, 5) is 22.9. The number of ether oxygens (including phenoxy) is 1. The molecule has 3 aromatic rings. The number of pyridine rings is 1. The highest BCUT2D eigenvalue weighted by atomic mass is 16.5. The maximum absolute atomic E-state index is 12.5. The first-order chi connectivity index (χ1) is 14.2. The van der Waals surface area contributed by atoms with Gasteiger partial charge in [0, 0.05) is 26.1 Å². The van der Waals surface area contributed by atoms with Crippen LogP contribution in [0.4, 0.5) is 0 Å². The van der Waals surface area contributed by atoms with Crippen LogP contribution in [0.3, 0.4) is 0 Å². The van der Waals surface area contributed by atoms with E-state index in [-0.39, 0.29) is 12.0 Å². The van der Waals surface area contributed by atoms with E-state index >= 15 is 0 Å². The van der Waals surface area contributed by atoms with Crippen LogP contribution in [-0.4, -0.2) is 46.1 Å². The van der Waals surface area contributed by atoms with Crippen LogP contribution in [0.5, 0.6) is 0 Å². The Labute approximate surface area is 169 Å². The Morgan fingerprint density at radius 1 is 1.21 bits per heavy atom. The number of hydrogen-bond acceptors (Lipinski definition) is 6. The van der Waals surface area contributed by atoms with Crippen molar-refractivity contribution in [2.24, 2.45) is 0 Å². The quantitative estimate of drug-likeness (QED) is 0.614. The van der Waals surface area contributed by atoms with E-state index in [1.807, 2.05) is 37.4 Å². The Balaban J connectivity index is 1.27. The van der Waals surface area contributed by atoms with Crippen LogP contribution in [-0.2, 0) is 22.4 Å². The van der Waals surface area contributed by atoms with E-state index in [0.29, 0.717) is 49.8 Å². The van der Waals surface area contributed by atoms with Gasteiger partial charge in [-0.05, 0) is 36.1 Å². The number of benzene rings is 1. The van der Waals surface area contributed by atoms with Crippen molar-refractivity contribution >= 4 is 5.91 Å². The zero-order valence-corrected chi connectivity index (χ0v) is 16.5. The largest absolute Gasteiger partial charge is 0.371 e. The lowest BCUT2D eigenvalue weighted by molar-refractivity contribution is -0.132. The second-order valence-electron chi connectivity index (χ2n) is 7.16. The first-order valence-corrected chi connectivity index (χ1v) is 9.88. The van der Waals surface area contributed by atoms with Gasteiger partial charge in [0.1, 0.15) is 11.8 Å². The lowest BCUT2D eigenvalue weighted by atomic mass is 9.97. The number of fused-ring (bicyclic) bond motifs is 1. The van der Waals surface area contributed by atoms with Crippen molar-refractivity contribution in [1.82, 2.24) is 20.0 Å². The minimum atomic E-state index is -0.0641. The summed E-state index contributed by atoms with van der Waals surface area (Å²) in [6.45, 7) is 1.25. The van der Waals surface area contributed by atoms with Crippen molar-refractivity contribution in [3.8, 4) is 11.5 Å². The second-order valence-corrected chi connectivity index (χ2v) is 7.16. The van der Waals surface area contributed by atoms with Crippen LogP contribution in [0.1, 0.15) is 36.0 Å². The van der Waals surface area contributed by atoms with Gasteiger partial charge >= 0.3 is 0 Å². The number of rotatable bonds is 7. The van der Waals surface area contributed by atoms with Crippen LogP contribution in [0, 0.1) is 0 Å². The molecule has 0 bridgehead atoms. The van der Waals surface area contributed by atoms with E-state index in [1.54, 1.807) is 11.1 Å². The molecule has 150 valence electrons. The molecule has 1 aliphatic heterocycles. The molecule has 0 unspecified atom stereocenters. The van der Waals surface area contributed by atoms with E-state index in [9.17, 15) is 4.79 Å². The summed E-state index contributed by atoms with van der Waals surface area (Å²) in [5.41, 5.74) is 3.17. The molecule has 29 heavy (non-hydrogen) atoms. The van der Waals surface area contributed by atoms with E-state index in [4.69, 9.17) is 9.26 Å². The maximum atomic E-state index is 12.5. The summed E-state index contributed by atoms with van der Waals surface area (Å²) in [5, 5.41) is 3.96. The van der Waals surface area contributed by atoms with Crippen LogP contribution >= 0.6 is 0 Å². The fourth-order valence-electron chi connectivity index (χ4n) is 3.52. The Kier molecular flexibility index (Phi) is 5.95. The Bertz CT molecular complexity index is 957. The lowest BCUT2D eigenvalue weighted by Gasteiger charge is -2.29. The summed E-state index contributed by atoms with van der Waals surface area (Å²) in [7, 11) is 1.83. The number of amides is 1.